The minimum Gasteiger partial charge on any atom is -0.481 e. The molecular weight excluding hydrogens is 338 g/mol. The number of nitrogens with one attached hydrogen (secondary N) is 1. The summed E-state index contributed by atoms with van der Waals surface area (Å²) in [5.41, 5.74) is 0. The Morgan fingerprint density at radius 2 is 1.85 bits per heavy atom. The molecule has 3 rings (SSSR count). The van der Waals surface area contributed by atoms with Crippen LogP contribution < -0.4 is 10.1 Å². The monoisotopic (exact) mass is 369 g/mol. The van der Waals surface area contributed by atoms with E-state index in [1.54, 1.807) is 0 Å². The minimum absolute atomic E-state index is 0.0240. The first-order valence-corrected chi connectivity index (χ1v) is 10.00. The van der Waals surface area contributed by atoms with Crippen LogP contribution in [0.4, 0.5) is 0 Å². The highest BCUT2D eigenvalue weighted by molar-refractivity contribution is 5.84. The van der Waals surface area contributed by atoms with Gasteiger partial charge in [0.1, 0.15) is 5.75 Å². The van der Waals surface area contributed by atoms with E-state index >= 15 is 0 Å². The molecular formula is C22H31N3O2. The largest absolute Gasteiger partial charge is 0.481 e. The van der Waals surface area contributed by atoms with Gasteiger partial charge in [-0.05, 0) is 49.3 Å². The summed E-state index contributed by atoms with van der Waals surface area (Å²) in [5, 5.41) is 5.33. The molecule has 27 heavy (non-hydrogen) atoms. The lowest BCUT2D eigenvalue weighted by atomic mass is 10.1. The van der Waals surface area contributed by atoms with Crippen molar-refractivity contribution in [3.8, 4) is 5.75 Å². The molecule has 5 heteroatoms. The van der Waals surface area contributed by atoms with E-state index in [-0.39, 0.29) is 5.91 Å². The van der Waals surface area contributed by atoms with E-state index in [0.717, 1.165) is 50.3 Å². The zero-order chi connectivity index (χ0) is 19.1. The van der Waals surface area contributed by atoms with Gasteiger partial charge >= 0.3 is 0 Å². The summed E-state index contributed by atoms with van der Waals surface area (Å²) in [6.07, 6.45) is 1.17. The molecule has 1 saturated heterocycles. The lowest BCUT2D eigenvalue weighted by Crippen LogP contribution is -2.45. The number of ether oxygens (including phenoxy) is 1. The van der Waals surface area contributed by atoms with E-state index in [1.807, 2.05) is 37.3 Å². The summed E-state index contributed by atoms with van der Waals surface area (Å²) in [4.78, 5) is 17.3. The highest BCUT2D eigenvalue weighted by Crippen LogP contribution is 2.22. The van der Waals surface area contributed by atoms with Crippen LogP contribution in [-0.2, 0) is 4.79 Å². The number of hydrogen-bond acceptors (Lipinski definition) is 4. The Morgan fingerprint density at radius 1 is 1.11 bits per heavy atom. The molecule has 5 nitrogen and oxygen atoms in total. The molecule has 0 bridgehead atoms. The number of carbonyl (C=O) groups excluding carboxylic acids is 1. The van der Waals surface area contributed by atoms with Gasteiger partial charge in [0.25, 0.3) is 5.91 Å². The molecule has 0 radical (unpaired) electrons. The Hall–Kier alpha value is -2.11. The van der Waals surface area contributed by atoms with Crippen LogP contribution in [0.25, 0.3) is 10.8 Å². The molecule has 1 heterocycles. The normalized spacial score (nSPS) is 17.0. The third-order valence-corrected chi connectivity index (χ3v) is 5.21. The zero-order valence-corrected chi connectivity index (χ0v) is 16.5. The van der Waals surface area contributed by atoms with Gasteiger partial charge in [-0.25, -0.2) is 0 Å². The maximum atomic E-state index is 12.5. The molecule has 1 unspecified atom stereocenters. The summed E-state index contributed by atoms with van der Waals surface area (Å²) in [7, 11) is 2.16. The second-order valence-corrected chi connectivity index (χ2v) is 7.31. The van der Waals surface area contributed by atoms with Crippen LogP contribution in [0.5, 0.6) is 5.75 Å². The fourth-order valence-electron chi connectivity index (χ4n) is 3.43. The number of carbonyl (C=O) groups is 1. The number of nitrogens with zero attached hydrogens (tertiary/aromatic N) is 2. The lowest BCUT2D eigenvalue weighted by Gasteiger charge is -2.32. The Bertz CT molecular complexity index is 741. The van der Waals surface area contributed by atoms with Crippen molar-refractivity contribution in [3.05, 3.63) is 42.5 Å². The van der Waals surface area contributed by atoms with E-state index < -0.39 is 6.10 Å². The molecule has 2 aromatic carbocycles. The van der Waals surface area contributed by atoms with E-state index in [4.69, 9.17) is 4.74 Å². The second-order valence-electron chi connectivity index (χ2n) is 7.31. The summed E-state index contributed by atoms with van der Waals surface area (Å²) in [6, 6.07) is 14.1. The smallest absolute Gasteiger partial charge is 0.261 e. The topological polar surface area (TPSA) is 44.8 Å². The lowest BCUT2D eigenvalue weighted by molar-refractivity contribution is -0.128. The van der Waals surface area contributed by atoms with Gasteiger partial charge < -0.3 is 19.9 Å². The van der Waals surface area contributed by atoms with Crippen LogP contribution in [0.1, 0.15) is 19.8 Å². The third-order valence-electron chi connectivity index (χ3n) is 5.21. The predicted molar refractivity (Wildman–Crippen MR) is 110 cm³/mol. The Kier molecular flexibility index (Phi) is 7.07. The Balaban J connectivity index is 1.44. The van der Waals surface area contributed by atoms with Crippen LogP contribution in [0.15, 0.2) is 42.5 Å². The number of likely N-dealkylation sites (N-methyl/N-ethyl adjacent to an activating group) is 1. The van der Waals surface area contributed by atoms with E-state index in [1.165, 1.54) is 5.39 Å². The Morgan fingerprint density at radius 3 is 2.59 bits per heavy atom. The highest BCUT2D eigenvalue weighted by atomic mass is 16.5. The highest BCUT2D eigenvalue weighted by Gasteiger charge is 2.18. The number of rotatable bonds is 8. The SMILES string of the molecule is CCC(Oc1ccc2ccccc2c1)C(=O)NCCCN1CCN(C)CC1. The Labute approximate surface area is 162 Å². The second kappa shape index (κ2) is 9.72. The molecule has 0 saturated carbocycles. The van der Waals surface area contributed by atoms with Crippen LogP contribution in [0.2, 0.25) is 0 Å². The summed E-state index contributed by atoms with van der Waals surface area (Å²) < 4.78 is 5.96. The van der Waals surface area contributed by atoms with Crippen molar-refractivity contribution in [2.24, 2.45) is 0 Å². The van der Waals surface area contributed by atoms with Crippen LogP contribution in [0, 0.1) is 0 Å². The molecule has 0 aliphatic carbocycles. The summed E-state index contributed by atoms with van der Waals surface area (Å²) >= 11 is 0. The van der Waals surface area contributed by atoms with Gasteiger partial charge in [-0.15, -0.1) is 0 Å². The summed E-state index contributed by atoms with van der Waals surface area (Å²) in [5.74, 6) is 0.720. The number of piperazine rings is 1. The van der Waals surface area contributed by atoms with E-state index in [9.17, 15) is 4.79 Å². The fourth-order valence-corrected chi connectivity index (χ4v) is 3.43. The van der Waals surface area contributed by atoms with Crippen molar-refractivity contribution in [2.75, 3.05) is 46.3 Å². The van der Waals surface area contributed by atoms with Gasteiger partial charge in [0.2, 0.25) is 0 Å². The van der Waals surface area contributed by atoms with Crippen molar-refractivity contribution >= 4 is 16.7 Å². The van der Waals surface area contributed by atoms with E-state index in [2.05, 4.69) is 34.3 Å². The molecule has 0 aromatic heterocycles. The number of hydrogen-bond donors (Lipinski definition) is 1. The van der Waals surface area contributed by atoms with E-state index in [0.29, 0.717) is 13.0 Å². The molecule has 1 aliphatic heterocycles. The van der Waals surface area contributed by atoms with Gasteiger partial charge in [0, 0.05) is 32.7 Å². The standard InChI is InChI=1S/C22H31N3O2/c1-3-21(27-20-10-9-18-7-4-5-8-19(18)17-20)22(26)23-11-6-12-25-15-13-24(2)14-16-25/h4-5,7-10,17,21H,3,6,11-16H2,1-2H3,(H,23,26). The van der Waals surface area contributed by atoms with Gasteiger partial charge in [-0.3, -0.25) is 4.79 Å². The third kappa shape index (κ3) is 5.68. The van der Waals surface area contributed by atoms with Crippen molar-refractivity contribution in [1.82, 2.24) is 15.1 Å². The van der Waals surface area contributed by atoms with Gasteiger partial charge in [0.15, 0.2) is 6.10 Å². The first kappa shape index (κ1) is 19.6. The van der Waals surface area contributed by atoms with Crippen molar-refractivity contribution in [2.45, 2.75) is 25.9 Å². The zero-order valence-electron chi connectivity index (χ0n) is 16.5. The molecule has 1 N–H and O–H groups in total. The molecule has 1 fully saturated rings. The van der Waals surface area contributed by atoms with Crippen LogP contribution in [-0.4, -0.2) is 68.1 Å². The maximum Gasteiger partial charge on any atom is 0.261 e. The minimum atomic E-state index is -0.449. The van der Waals surface area contributed by atoms with Crippen molar-refractivity contribution in [3.63, 3.8) is 0 Å². The van der Waals surface area contributed by atoms with Crippen molar-refractivity contribution < 1.29 is 9.53 Å². The van der Waals surface area contributed by atoms with Crippen molar-refractivity contribution in [1.29, 1.82) is 0 Å². The maximum absolute atomic E-state index is 12.5. The number of benzene rings is 2. The summed E-state index contributed by atoms with van der Waals surface area (Å²) in [6.45, 7) is 8.21. The molecule has 1 amide bonds. The van der Waals surface area contributed by atoms with Gasteiger partial charge in [0.05, 0.1) is 0 Å². The molecule has 1 aliphatic rings. The quantitative estimate of drug-likeness (QED) is 0.727. The number of fused-ring (bicyclic) bond motifs is 1. The van der Waals surface area contributed by atoms with Gasteiger partial charge in [-0.2, -0.15) is 0 Å². The van der Waals surface area contributed by atoms with Crippen LogP contribution in [0.3, 0.4) is 0 Å². The first-order chi connectivity index (χ1) is 13.2. The van der Waals surface area contributed by atoms with Gasteiger partial charge in [-0.1, -0.05) is 37.3 Å². The number of amides is 1. The fraction of sp³-hybridized carbons (Fsp3) is 0.500. The molecule has 0 spiro atoms. The van der Waals surface area contributed by atoms with Crippen LogP contribution >= 0.6 is 0 Å². The average Bonchev–Trinajstić information content (AvgIpc) is 2.70. The average molecular weight is 370 g/mol. The molecule has 1 atom stereocenters. The first-order valence-electron chi connectivity index (χ1n) is 10.00. The predicted octanol–water partition coefficient (Wildman–Crippen LogP) is 2.75. The molecule has 146 valence electrons. The molecule has 2 aromatic rings.